The van der Waals surface area contributed by atoms with E-state index < -0.39 is 11.9 Å². The van der Waals surface area contributed by atoms with Crippen molar-refractivity contribution in [2.45, 2.75) is 12.5 Å². The molecule has 3 aromatic rings. The maximum atomic E-state index is 11.8. The van der Waals surface area contributed by atoms with Gasteiger partial charge in [-0.15, -0.1) is 0 Å². The van der Waals surface area contributed by atoms with Crippen LogP contribution < -0.4 is 0 Å². The topological polar surface area (TPSA) is 71.2 Å². The Bertz CT molecular complexity index is 880. The van der Waals surface area contributed by atoms with E-state index in [1.54, 1.807) is 11.0 Å². The molecule has 0 unspecified atom stereocenters. The van der Waals surface area contributed by atoms with E-state index in [1.807, 2.05) is 48.5 Å². The van der Waals surface area contributed by atoms with Crippen LogP contribution in [0.5, 0.6) is 0 Å². The van der Waals surface area contributed by atoms with Crippen molar-refractivity contribution in [3.63, 3.8) is 0 Å². The molecule has 0 saturated carbocycles. The van der Waals surface area contributed by atoms with Crippen molar-refractivity contribution >= 4 is 5.97 Å². The van der Waals surface area contributed by atoms with Gasteiger partial charge in [0.1, 0.15) is 12.7 Å². The van der Waals surface area contributed by atoms with Crippen LogP contribution in [0.4, 0.5) is 0 Å². The van der Waals surface area contributed by atoms with E-state index in [0.717, 1.165) is 23.4 Å². The number of hydrogen-bond donors (Lipinski definition) is 1. The number of para-hydroxylation sites is 1. The van der Waals surface area contributed by atoms with Crippen LogP contribution in [0.15, 0.2) is 67.3 Å². The highest BCUT2D eigenvalue weighted by molar-refractivity contribution is 5.72. The van der Waals surface area contributed by atoms with Gasteiger partial charge in [-0.1, -0.05) is 48.5 Å². The van der Waals surface area contributed by atoms with Gasteiger partial charge in [-0.05, 0) is 17.2 Å². The van der Waals surface area contributed by atoms with E-state index in [1.165, 1.54) is 6.33 Å². The van der Waals surface area contributed by atoms with Crippen molar-refractivity contribution in [1.29, 1.82) is 0 Å². The second kappa shape index (κ2) is 7.09. The van der Waals surface area contributed by atoms with Crippen molar-refractivity contribution in [3.05, 3.63) is 78.4 Å². The molecular formula is C20H20N4O2. The zero-order valence-corrected chi connectivity index (χ0v) is 14.3. The summed E-state index contributed by atoms with van der Waals surface area (Å²) < 4.78 is 1.74. The molecule has 1 aromatic heterocycles. The molecule has 0 amide bonds. The second-order valence-corrected chi connectivity index (χ2v) is 6.62. The molecule has 1 saturated heterocycles. The fourth-order valence-corrected chi connectivity index (χ4v) is 3.74. The van der Waals surface area contributed by atoms with E-state index in [0.29, 0.717) is 13.1 Å². The van der Waals surface area contributed by atoms with E-state index in [-0.39, 0.29) is 5.92 Å². The van der Waals surface area contributed by atoms with Crippen LogP contribution in [0, 0.1) is 5.92 Å². The molecule has 0 radical (unpaired) electrons. The molecule has 2 aromatic carbocycles. The minimum absolute atomic E-state index is 0.00670. The standard InChI is InChI=1S/C20H20N4O2/c25-20(26)18-12-23(11-17(18)15-6-2-1-3-7-15)10-16-8-4-5-9-19(16)24-14-21-13-22-24/h1-9,13-14,17-18H,10-12H2,(H,25,26)/t17-,18+/m0/s1. The summed E-state index contributed by atoms with van der Waals surface area (Å²) in [5.41, 5.74) is 3.17. The van der Waals surface area contributed by atoms with Crippen molar-refractivity contribution < 1.29 is 9.90 Å². The van der Waals surface area contributed by atoms with E-state index in [4.69, 9.17) is 0 Å². The number of benzene rings is 2. The third-order valence-corrected chi connectivity index (χ3v) is 4.99. The quantitative estimate of drug-likeness (QED) is 0.767. The summed E-state index contributed by atoms with van der Waals surface area (Å²) in [6.07, 6.45) is 3.19. The highest BCUT2D eigenvalue weighted by Crippen LogP contribution is 2.34. The number of likely N-dealkylation sites (tertiary alicyclic amines) is 1. The molecule has 6 heteroatoms. The molecule has 2 atom stereocenters. The number of aromatic nitrogens is 3. The molecule has 1 aliphatic rings. The number of carbonyl (C=O) groups is 1. The number of carboxylic acids is 1. The lowest BCUT2D eigenvalue weighted by molar-refractivity contribution is -0.141. The monoisotopic (exact) mass is 348 g/mol. The molecule has 6 nitrogen and oxygen atoms in total. The molecule has 0 aliphatic carbocycles. The van der Waals surface area contributed by atoms with Gasteiger partial charge in [-0.2, -0.15) is 5.10 Å². The first-order chi connectivity index (χ1) is 12.7. The zero-order chi connectivity index (χ0) is 17.9. The van der Waals surface area contributed by atoms with Gasteiger partial charge in [0, 0.05) is 25.6 Å². The second-order valence-electron chi connectivity index (χ2n) is 6.62. The van der Waals surface area contributed by atoms with Crippen LogP contribution >= 0.6 is 0 Å². The van der Waals surface area contributed by atoms with Crippen molar-refractivity contribution in [2.24, 2.45) is 5.92 Å². The van der Waals surface area contributed by atoms with Crippen LogP contribution in [0.2, 0.25) is 0 Å². The van der Waals surface area contributed by atoms with Gasteiger partial charge < -0.3 is 5.11 Å². The van der Waals surface area contributed by atoms with Crippen LogP contribution in [0.3, 0.4) is 0 Å². The predicted molar refractivity (Wildman–Crippen MR) is 96.9 cm³/mol. The molecule has 1 fully saturated rings. The third kappa shape index (κ3) is 3.23. The van der Waals surface area contributed by atoms with Crippen LogP contribution in [0.1, 0.15) is 17.0 Å². The summed E-state index contributed by atoms with van der Waals surface area (Å²) in [5.74, 6) is -1.12. The highest BCUT2D eigenvalue weighted by Gasteiger charge is 2.38. The Kier molecular flexibility index (Phi) is 4.50. The van der Waals surface area contributed by atoms with Crippen LogP contribution in [0.25, 0.3) is 5.69 Å². The summed E-state index contributed by atoms with van der Waals surface area (Å²) >= 11 is 0. The van der Waals surface area contributed by atoms with Crippen molar-refractivity contribution in [2.75, 3.05) is 13.1 Å². The van der Waals surface area contributed by atoms with Crippen LogP contribution in [-0.4, -0.2) is 43.8 Å². The Hall–Kier alpha value is -2.99. The lowest BCUT2D eigenvalue weighted by Gasteiger charge is -2.18. The van der Waals surface area contributed by atoms with Gasteiger partial charge in [0.2, 0.25) is 0 Å². The molecule has 1 aliphatic heterocycles. The number of rotatable bonds is 5. The highest BCUT2D eigenvalue weighted by atomic mass is 16.4. The number of aliphatic carboxylic acids is 1. The molecule has 1 N–H and O–H groups in total. The van der Waals surface area contributed by atoms with Gasteiger partial charge in [-0.25, -0.2) is 9.67 Å². The Labute approximate surface area is 151 Å². The van der Waals surface area contributed by atoms with Crippen molar-refractivity contribution in [3.8, 4) is 5.69 Å². The molecular weight excluding hydrogens is 328 g/mol. The Balaban J connectivity index is 1.58. The smallest absolute Gasteiger partial charge is 0.308 e. The normalized spacial score (nSPS) is 20.3. The van der Waals surface area contributed by atoms with Gasteiger partial charge in [0.15, 0.2) is 0 Å². The number of nitrogens with zero attached hydrogens (tertiary/aromatic N) is 4. The van der Waals surface area contributed by atoms with E-state index in [9.17, 15) is 9.90 Å². The Morgan fingerprint density at radius 2 is 1.85 bits per heavy atom. The average Bonchev–Trinajstić information content (AvgIpc) is 3.33. The van der Waals surface area contributed by atoms with Gasteiger partial charge in [0.25, 0.3) is 0 Å². The number of hydrogen-bond acceptors (Lipinski definition) is 4. The molecule has 2 heterocycles. The minimum atomic E-state index is -0.731. The van der Waals surface area contributed by atoms with Crippen molar-refractivity contribution in [1.82, 2.24) is 19.7 Å². The Morgan fingerprint density at radius 3 is 2.58 bits per heavy atom. The molecule has 132 valence electrons. The summed E-state index contributed by atoms with van der Waals surface area (Å²) in [6.45, 7) is 1.95. The van der Waals surface area contributed by atoms with E-state index in [2.05, 4.69) is 21.0 Å². The molecule has 0 spiro atoms. The largest absolute Gasteiger partial charge is 0.481 e. The fraction of sp³-hybridized carbons (Fsp3) is 0.250. The first-order valence-corrected chi connectivity index (χ1v) is 8.65. The maximum Gasteiger partial charge on any atom is 0.308 e. The first-order valence-electron chi connectivity index (χ1n) is 8.65. The molecule has 4 rings (SSSR count). The van der Waals surface area contributed by atoms with Gasteiger partial charge >= 0.3 is 5.97 Å². The molecule has 0 bridgehead atoms. The summed E-state index contributed by atoms with van der Waals surface area (Å²) in [7, 11) is 0. The fourth-order valence-electron chi connectivity index (χ4n) is 3.74. The van der Waals surface area contributed by atoms with Gasteiger partial charge in [-0.3, -0.25) is 9.69 Å². The first kappa shape index (κ1) is 16.5. The lowest BCUT2D eigenvalue weighted by Crippen LogP contribution is -2.23. The lowest BCUT2D eigenvalue weighted by atomic mass is 9.89. The zero-order valence-electron chi connectivity index (χ0n) is 14.3. The predicted octanol–water partition coefficient (Wildman–Crippen LogP) is 2.57. The average molecular weight is 348 g/mol. The summed E-state index contributed by atoms with van der Waals surface area (Å²) in [6, 6.07) is 18.0. The van der Waals surface area contributed by atoms with Gasteiger partial charge in [0.05, 0.1) is 11.6 Å². The summed E-state index contributed by atoms with van der Waals surface area (Å²) in [4.78, 5) is 18.0. The minimum Gasteiger partial charge on any atom is -0.481 e. The Morgan fingerprint density at radius 1 is 1.08 bits per heavy atom. The summed E-state index contributed by atoms with van der Waals surface area (Å²) in [5, 5.41) is 13.9. The third-order valence-electron chi connectivity index (χ3n) is 4.99. The van der Waals surface area contributed by atoms with Crippen LogP contribution in [-0.2, 0) is 11.3 Å². The molecule has 26 heavy (non-hydrogen) atoms. The van der Waals surface area contributed by atoms with E-state index >= 15 is 0 Å². The SMILES string of the molecule is O=C(O)[C@@H]1CN(Cc2ccccc2-n2cncn2)C[C@H]1c1ccccc1. The maximum absolute atomic E-state index is 11.8. The number of carboxylic acid groups (broad SMARTS) is 1.